The summed E-state index contributed by atoms with van der Waals surface area (Å²) in [6.45, 7) is 4.08. The van der Waals surface area contributed by atoms with E-state index >= 15 is 0 Å². The molecule has 0 aliphatic rings. The Kier molecular flexibility index (Phi) is 3.33. The number of thiophene rings is 1. The molecular weight excluding hydrogens is 240 g/mol. The van der Waals surface area contributed by atoms with E-state index in [1.807, 2.05) is 43.5 Å². The van der Waals surface area contributed by atoms with E-state index in [1.165, 1.54) is 16.9 Å². The van der Waals surface area contributed by atoms with Crippen molar-refractivity contribution in [2.45, 2.75) is 20.0 Å². The summed E-state index contributed by atoms with van der Waals surface area (Å²) in [5.74, 6) is 0. The Hall–Kier alpha value is -0.830. The summed E-state index contributed by atoms with van der Waals surface area (Å²) < 4.78 is 0. The number of hydrogen-bond donors (Lipinski definition) is 1. The first-order valence-electron chi connectivity index (χ1n) is 5.07. The summed E-state index contributed by atoms with van der Waals surface area (Å²) in [7, 11) is 0. The van der Waals surface area contributed by atoms with Crippen LogP contribution in [0.1, 0.15) is 27.7 Å². The number of rotatable bonds is 2. The zero-order valence-corrected chi connectivity index (χ0v) is 10.8. The van der Waals surface area contributed by atoms with Gasteiger partial charge in [-0.15, -0.1) is 11.3 Å². The Labute approximate surface area is 104 Å². The maximum atomic E-state index is 10.3. The van der Waals surface area contributed by atoms with Gasteiger partial charge in [0.05, 0.1) is 5.02 Å². The first-order chi connectivity index (χ1) is 7.59. The lowest BCUT2D eigenvalue weighted by Gasteiger charge is -2.13. The van der Waals surface area contributed by atoms with E-state index in [-0.39, 0.29) is 0 Å². The van der Waals surface area contributed by atoms with Gasteiger partial charge in [0.2, 0.25) is 0 Å². The number of aliphatic hydroxyl groups is 1. The monoisotopic (exact) mass is 252 g/mol. The predicted molar refractivity (Wildman–Crippen MR) is 69.3 cm³/mol. The standard InChI is InChI=1S/C13H13ClOS/c1-8-4-3-5-11(9(8)2)13(15)12-6-10(14)7-16-12/h3-7,13,15H,1-2H3. The van der Waals surface area contributed by atoms with Gasteiger partial charge in [0.15, 0.2) is 0 Å². The van der Waals surface area contributed by atoms with Crippen LogP contribution in [0.15, 0.2) is 29.6 Å². The van der Waals surface area contributed by atoms with Crippen LogP contribution in [0.2, 0.25) is 5.02 Å². The minimum absolute atomic E-state index is 0.572. The molecule has 16 heavy (non-hydrogen) atoms. The van der Waals surface area contributed by atoms with Crippen LogP contribution in [-0.2, 0) is 0 Å². The summed E-state index contributed by atoms with van der Waals surface area (Å²) in [5, 5.41) is 12.8. The molecule has 0 aliphatic carbocycles. The van der Waals surface area contributed by atoms with Crippen LogP contribution in [0.25, 0.3) is 0 Å². The highest BCUT2D eigenvalue weighted by Gasteiger charge is 2.15. The second-order valence-corrected chi connectivity index (χ2v) is 5.24. The van der Waals surface area contributed by atoms with Gasteiger partial charge in [0, 0.05) is 10.3 Å². The Morgan fingerprint density at radius 2 is 2.06 bits per heavy atom. The fraction of sp³-hybridized carbons (Fsp3) is 0.231. The van der Waals surface area contributed by atoms with Crippen molar-refractivity contribution in [1.82, 2.24) is 0 Å². The van der Waals surface area contributed by atoms with E-state index in [0.29, 0.717) is 5.02 Å². The Bertz CT molecular complexity index is 504. The van der Waals surface area contributed by atoms with E-state index in [4.69, 9.17) is 11.6 Å². The Morgan fingerprint density at radius 3 is 2.69 bits per heavy atom. The van der Waals surface area contributed by atoms with Gasteiger partial charge >= 0.3 is 0 Å². The van der Waals surface area contributed by atoms with Crippen molar-refractivity contribution in [1.29, 1.82) is 0 Å². The molecule has 3 heteroatoms. The van der Waals surface area contributed by atoms with Crippen LogP contribution in [0, 0.1) is 13.8 Å². The summed E-state index contributed by atoms with van der Waals surface area (Å²) in [5.41, 5.74) is 3.29. The number of aryl methyl sites for hydroxylation is 1. The Balaban J connectivity index is 2.41. The third-order valence-corrected chi connectivity index (χ3v) is 4.13. The molecule has 1 heterocycles. The lowest BCUT2D eigenvalue weighted by atomic mass is 9.98. The smallest absolute Gasteiger partial charge is 0.114 e. The fourth-order valence-electron chi connectivity index (χ4n) is 1.69. The zero-order chi connectivity index (χ0) is 11.7. The molecule has 1 nitrogen and oxygen atoms in total. The molecule has 0 radical (unpaired) electrons. The summed E-state index contributed by atoms with van der Waals surface area (Å²) in [6, 6.07) is 7.79. The molecule has 0 bridgehead atoms. The highest BCUT2D eigenvalue weighted by atomic mass is 35.5. The maximum absolute atomic E-state index is 10.3. The summed E-state index contributed by atoms with van der Waals surface area (Å²) in [6.07, 6.45) is -0.572. The molecule has 1 unspecified atom stereocenters. The van der Waals surface area contributed by atoms with Gasteiger partial charge in [0.1, 0.15) is 6.10 Å². The van der Waals surface area contributed by atoms with Gasteiger partial charge < -0.3 is 5.11 Å². The molecule has 2 rings (SSSR count). The van der Waals surface area contributed by atoms with Crippen LogP contribution in [0.3, 0.4) is 0 Å². The van der Waals surface area contributed by atoms with Crippen LogP contribution in [-0.4, -0.2) is 5.11 Å². The molecule has 0 saturated carbocycles. The summed E-state index contributed by atoms with van der Waals surface area (Å²) in [4.78, 5) is 0.888. The van der Waals surface area contributed by atoms with Crippen molar-refractivity contribution in [3.05, 3.63) is 56.2 Å². The van der Waals surface area contributed by atoms with Crippen LogP contribution in [0.5, 0.6) is 0 Å². The first-order valence-corrected chi connectivity index (χ1v) is 6.33. The van der Waals surface area contributed by atoms with Crippen LogP contribution in [0.4, 0.5) is 0 Å². The molecule has 1 N–H and O–H groups in total. The highest BCUT2D eigenvalue weighted by molar-refractivity contribution is 7.10. The van der Waals surface area contributed by atoms with Crippen LogP contribution < -0.4 is 0 Å². The molecule has 0 saturated heterocycles. The third-order valence-electron chi connectivity index (χ3n) is 2.80. The van der Waals surface area contributed by atoms with Crippen molar-refractivity contribution in [3.8, 4) is 0 Å². The van der Waals surface area contributed by atoms with Gasteiger partial charge in [0.25, 0.3) is 0 Å². The van der Waals surface area contributed by atoms with Gasteiger partial charge in [-0.1, -0.05) is 29.8 Å². The zero-order valence-electron chi connectivity index (χ0n) is 9.20. The normalized spacial score (nSPS) is 12.8. The van der Waals surface area contributed by atoms with Crippen molar-refractivity contribution in [2.75, 3.05) is 0 Å². The average Bonchev–Trinajstić information content (AvgIpc) is 2.68. The molecule has 0 fully saturated rings. The van der Waals surface area contributed by atoms with Crippen LogP contribution >= 0.6 is 22.9 Å². The highest BCUT2D eigenvalue weighted by Crippen LogP contribution is 2.31. The second kappa shape index (κ2) is 4.58. The van der Waals surface area contributed by atoms with Gasteiger partial charge in [-0.2, -0.15) is 0 Å². The number of benzene rings is 1. The molecule has 1 atom stereocenters. The van der Waals surface area contributed by atoms with Gasteiger partial charge in [-0.25, -0.2) is 0 Å². The van der Waals surface area contributed by atoms with Gasteiger partial charge in [-0.3, -0.25) is 0 Å². The molecule has 2 aromatic rings. The number of halogens is 1. The SMILES string of the molecule is Cc1cccc(C(O)c2cc(Cl)cs2)c1C. The average molecular weight is 253 g/mol. The van der Waals surface area contributed by atoms with Crippen molar-refractivity contribution in [2.24, 2.45) is 0 Å². The molecular formula is C13H13ClOS. The van der Waals surface area contributed by atoms with E-state index in [0.717, 1.165) is 16.0 Å². The number of hydrogen-bond acceptors (Lipinski definition) is 2. The van der Waals surface area contributed by atoms with Crippen molar-refractivity contribution >= 4 is 22.9 Å². The van der Waals surface area contributed by atoms with Crippen molar-refractivity contribution < 1.29 is 5.11 Å². The van der Waals surface area contributed by atoms with E-state index in [1.54, 1.807) is 0 Å². The lowest BCUT2D eigenvalue weighted by molar-refractivity contribution is 0.223. The third kappa shape index (κ3) is 2.14. The Morgan fingerprint density at radius 1 is 1.31 bits per heavy atom. The quantitative estimate of drug-likeness (QED) is 0.853. The first kappa shape index (κ1) is 11.6. The topological polar surface area (TPSA) is 20.2 Å². The fourth-order valence-corrected chi connectivity index (χ4v) is 2.78. The summed E-state index contributed by atoms with van der Waals surface area (Å²) >= 11 is 7.35. The molecule has 0 amide bonds. The van der Waals surface area contributed by atoms with E-state index in [9.17, 15) is 5.11 Å². The number of aliphatic hydroxyl groups excluding tert-OH is 1. The molecule has 0 spiro atoms. The molecule has 1 aromatic heterocycles. The van der Waals surface area contributed by atoms with E-state index in [2.05, 4.69) is 0 Å². The van der Waals surface area contributed by atoms with E-state index < -0.39 is 6.10 Å². The second-order valence-electron chi connectivity index (χ2n) is 3.86. The molecule has 1 aromatic carbocycles. The van der Waals surface area contributed by atoms with Gasteiger partial charge in [-0.05, 0) is 36.6 Å². The molecule has 0 aliphatic heterocycles. The minimum Gasteiger partial charge on any atom is -0.383 e. The maximum Gasteiger partial charge on any atom is 0.114 e. The molecule has 84 valence electrons. The largest absolute Gasteiger partial charge is 0.383 e. The lowest BCUT2D eigenvalue weighted by Crippen LogP contribution is -2.00. The predicted octanol–water partition coefficient (Wildman–Crippen LogP) is 4.10. The van der Waals surface area contributed by atoms with Crippen molar-refractivity contribution in [3.63, 3.8) is 0 Å². The minimum atomic E-state index is -0.572.